The molecule has 2 N–H and O–H groups in total. The van der Waals surface area contributed by atoms with E-state index in [1.807, 2.05) is 42.3 Å². The highest BCUT2D eigenvalue weighted by molar-refractivity contribution is 6.04. The second kappa shape index (κ2) is 7.93. The summed E-state index contributed by atoms with van der Waals surface area (Å²) in [7, 11) is 2.02. The van der Waals surface area contributed by atoms with Crippen LogP contribution in [0.4, 0.5) is 5.82 Å². The van der Waals surface area contributed by atoms with E-state index < -0.39 is 6.10 Å². The van der Waals surface area contributed by atoms with Gasteiger partial charge in [0.1, 0.15) is 11.6 Å². The van der Waals surface area contributed by atoms with Gasteiger partial charge in [0.15, 0.2) is 0 Å². The van der Waals surface area contributed by atoms with Gasteiger partial charge in [-0.15, -0.1) is 0 Å². The molecule has 146 valence electrons. The lowest BCUT2D eigenvalue weighted by molar-refractivity contribution is -0.141. The molecule has 3 heterocycles. The zero-order valence-electron chi connectivity index (χ0n) is 15.9. The molecule has 8 nitrogen and oxygen atoms in total. The molecule has 2 aliphatic heterocycles. The molecule has 2 aromatic rings. The molecule has 8 heteroatoms. The average Bonchev–Trinajstić information content (AvgIpc) is 3.38. The summed E-state index contributed by atoms with van der Waals surface area (Å²) in [5.41, 5.74) is 7.55. The van der Waals surface area contributed by atoms with Crippen LogP contribution in [-0.2, 0) is 16.2 Å². The van der Waals surface area contributed by atoms with Gasteiger partial charge in [0.2, 0.25) is 6.10 Å². The second-order valence-corrected chi connectivity index (χ2v) is 7.24. The fraction of sp³-hybridized carbons (Fsp3) is 0.400. The van der Waals surface area contributed by atoms with Crippen molar-refractivity contribution >= 4 is 17.4 Å². The van der Waals surface area contributed by atoms with E-state index in [1.54, 1.807) is 12.3 Å². The van der Waals surface area contributed by atoms with E-state index in [4.69, 9.17) is 10.6 Å². The lowest BCUT2D eigenvalue weighted by atomic mass is 10.0. The number of likely N-dealkylation sites (tertiary alicyclic amines) is 1. The van der Waals surface area contributed by atoms with Crippen molar-refractivity contribution in [1.29, 1.82) is 0 Å². The number of nitrogens with two attached hydrogens (primary N) is 1. The minimum Gasteiger partial charge on any atom is -0.384 e. The Morgan fingerprint density at radius 2 is 2.14 bits per heavy atom. The first kappa shape index (κ1) is 18.4. The van der Waals surface area contributed by atoms with E-state index in [2.05, 4.69) is 20.0 Å². The third-order valence-electron chi connectivity index (χ3n) is 5.27. The predicted octanol–water partition coefficient (Wildman–Crippen LogP) is 1.28. The van der Waals surface area contributed by atoms with Crippen LogP contribution in [0.25, 0.3) is 0 Å². The molecule has 1 aromatic heterocycles. The summed E-state index contributed by atoms with van der Waals surface area (Å²) >= 11 is 0. The predicted molar refractivity (Wildman–Crippen MR) is 105 cm³/mol. The molecule has 0 unspecified atom stereocenters. The van der Waals surface area contributed by atoms with Crippen LogP contribution in [0, 0.1) is 0 Å². The summed E-state index contributed by atoms with van der Waals surface area (Å²) in [5, 5.41) is 4.13. The number of carbonyl (C=O) groups excluding carboxylic acids is 1. The molecule has 28 heavy (non-hydrogen) atoms. The summed E-state index contributed by atoms with van der Waals surface area (Å²) in [6, 6.07) is 11.8. The van der Waals surface area contributed by atoms with Crippen LogP contribution in [0.2, 0.25) is 0 Å². The maximum absolute atomic E-state index is 12.9. The highest BCUT2D eigenvalue weighted by Crippen LogP contribution is 2.22. The zero-order chi connectivity index (χ0) is 19.5. The van der Waals surface area contributed by atoms with Gasteiger partial charge >= 0.3 is 0 Å². The first-order valence-electron chi connectivity index (χ1n) is 9.44. The molecule has 0 saturated carbocycles. The van der Waals surface area contributed by atoms with Gasteiger partial charge in [-0.1, -0.05) is 35.5 Å². The van der Waals surface area contributed by atoms with Crippen LogP contribution in [0.1, 0.15) is 24.2 Å². The number of rotatable bonds is 5. The molecule has 2 aliphatic rings. The van der Waals surface area contributed by atoms with Crippen molar-refractivity contribution in [3.63, 3.8) is 0 Å². The van der Waals surface area contributed by atoms with E-state index in [1.165, 1.54) is 0 Å². The molecule has 0 radical (unpaired) electrons. The van der Waals surface area contributed by atoms with Crippen molar-refractivity contribution in [2.45, 2.75) is 31.5 Å². The maximum Gasteiger partial charge on any atom is 0.266 e. The van der Waals surface area contributed by atoms with E-state index in [0.29, 0.717) is 37.7 Å². The first-order valence-corrected chi connectivity index (χ1v) is 9.44. The first-order chi connectivity index (χ1) is 13.6. The smallest absolute Gasteiger partial charge is 0.266 e. The van der Waals surface area contributed by atoms with Crippen LogP contribution in [-0.4, -0.2) is 63.7 Å². The molecule has 1 aromatic carbocycles. The summed E-state index contributed by atoms with van der Waals surface area (Å²) in [4.78, 5) is 30.9. The van der Waals surface area contributed by atoms with Crippen molar-refractivity contribution in [3.05, 3.63) is 54.0 Å². The van der Waals surface area contributed by atoms with E-state index in [-0.39, 0.29) is 11.9 Å². The number of benzene rings is 1. The SMILES string of the molecule is CN(Cc1nccc(N)n1)[C@H]1CCN(C(=O)[C@@H]2CC(c3ccccc3)=NO2)C1. The molecule has 1 saturated heterocycles. The monoisotopic (exact) mass is 380 g/mol. The maximum atomic E-state index is 12.9. The van der Waals surface area contributed by atoms with Gasteiger partial charge in [0, 0.05) is 31.7 Å². The Labute approximate surface area is 164 Å². The van der Waals surface area contributed by atoms with E-state index in [9.17, 15) is 4.79 Å². The highest BCUT2D eigenvalue weighted by atomic mass is 16.6. The van der Waals surface area contributed by atoms with Crippen molar-refractivity contribution in [2.75, 3.05) is 25.9 Å². The van der Waals surface area contributed by atoms with E-state index in [0.717, 1.165) is 17.7 Å². The van der Waals surface area contributed by atoms with Crippen LogP contribution in [0.15, 0.2) is 47.8 Å². The Hall–Kier alpha value is -3.00. The Balaban J connectivity index is 1.31. The summed E-state index contributed by atoms with van der Waals surface area (Å²) in [6.07, 6.45) is 2.55. The highest BCUT2D eigenvalue weighted by Gasteiger charge is 2.36. The number of carbonyl (C=O) groups is 1. The standard InChI is InChI=1S/C20H24N6O2/c1-25(13-19-22-9-7-18(21)23-19)15-8-10-26(12-15)20(27)17-11-16(24-28-17)14-5-3-2-4-6-14/h2-7,9,15,17H,8,10-13H2,1H3,(H2,21,22,23)/t15-,17-/m0/s1. The number of hydrogen-bond acceptors (Lipinski definition) is 7. The van der Waals surface area contributed by atoms with Crippen LogP contribution < -0.4 is 5.73 Å². The van der Waals surface area contributed by atoms with E-state index >= 15 is 0 Å². The molecule has 4 rings (SSSR count). The van der Waals surface area contributed by atoms with Gasteiger partial charge in [0.05, 0.1) is 12.3 Å². The summed E-state index contributed by atoms with van der Waals surface area (Å²) in [5.74, 6) is 1.16. The molecule has 0 aliphatic carbocycles. The minimum atomic E-state index is -0.531. The van der Waals surface area contributed by atoms with Crippen LogP contribution in [0.3, 0.4) is 0 Å². The lowest BCUT2D eigenvalue weighted by Gasteiger charge is -2.24. The van der Waals surface area contributed by atoms with Gasteiger partial charge in [0.25, 0.3) is 5.91 Å². The van der Waals surface area contributed by atoms with Crippen LogP contribution >= 0.6 is 0 Å². The Morgan fingerprint density at radius 1 is 1.32 bits per heavy atom. The van der Waals surface area contributed by atoms with Gasteiger partial charge in [-0.05, 0) is 25.1 Å². The largest absolute Gasteiger partial charge is 0.384 e. The molecule has 0 spiro atoms. The zero-order valence-corrected chi connectivity index (χ0v) is 15.9. The Bertz CT molecular complexity index is 872. The number of hydrogen-bond donors (Lipinski definition) is 1. The fourth-order valence-electron chi connectivity index (χ4n) is 3.66. The van der Waals surface area contributed by atoms with Crippen molar-refractivity contribution in [3.8, 4) is 0 Å². The molecule has 0 bridgehead atoms. The lowest BCUT2D eigenvalue weighted by Crippen LogP contribution is -2.40. The number of nitrogen functional groups attached to an aromatic ring is 1. The van der Waals surface area contributed by atoms with Gasteiger partial charge < -0.3 is 15.5 Å². The number of anilines is 1. The molecule has 1 amide bonds. The second-order valence-electron chi connectivity index (χ2n) is 7.24. The normalized spacial score (nSPS) is 21.6. The molecular weight excluding hydrogens is 356 g/mol. The topological polar surface area (TPSA) is 96.9 Å². The van der Waals surface area contributed by atoms with Crippen LogP contribution in [0.5, 0.6) is 0 Å². The number of aromatic nitrogens is 2. The van der Waals surface area contributed by atoms with Crippen molar-refractivity contribution in [1.82, 2.24) is 19.8 Å². The third kappa shape index (κ3) is 3.96. The number of oxime groups is 1. The fourth-order valence-corrected chi connectivity index (χ4v) is 3.66. The molecular formula is C20H24N6O2. The molecule has 2 atom stereocenters. The van der Waals surface area contributed by atoms with Crippen molar-refractivity contribution in [2.24, 2.45) is 5.16 Å². The minimum absolute atomic E-state index is 0.00536. The molecule has 1 fully saturated rings. The Morgan fingerprint density at radius 3 is 2.93 bits per heavy atom. The summed E-state index contributed by atoms with van der Waals surface area (Å²) < 4.78 is 0. The quantitative estimate of drug-likeness (QED) is 0.839. The van der Waals surface area contributed by atoms with Gasteiger partial charge in [-0.3, -0.25) is 9.69 Å². The number of nitrogens with zero attached hydrogens (tertiary/aromatic N) is 5. The average molecular weight is 380 g/mol. The van der Waals surface area contributed by atoms with Gasteiger partial charge in [-0.2, -0.15) is 0 Å². The number of amides is 1. The summed E-state index contributed by atoms with van der Waals surface area (Å²) in [6.45, 7) is 1.98. The van der Waals surface area contributed by atoms with Crippen molar-refractivity contribution < 1.29 is 9.63 Å². The van der Waals surface area contributed by atoms with Gasteiger partial charge in [-0.25, -0.2) is 9.97 Å². The Kier molecular flexibility index (Phi) is 5.21. The third-order valence-corrected chi connectivity index (χ3v) is 5.27. The number of likely N-dealkylation sites (N-methyl/N-ethyl adjacent to an activating group) is 1.